The first-order valence-electron chi connectivity index (χ1n) is 9.54. The smallest absolute Gasteiger partial charge is 0.309 e. The Labute approximate surface area is 153 Å². The number of benzene rings is 1. The maximum Gasteiger partial charge on any atom is 0.309 e. The highest BCUT2D eigenvalue weighted by molar-refractivity contribution is 5.72. The summed E-state index contributed by atoms with van der Waals surface area (Å²) >= 11 is 0. The van der Waals surface area contributed by atoms with Crippen LogP contribution in [0.1, 0.15) is 57.6 Å². The van der Waals surface area contributed by atoms with Crippen molar-refractivity contribution >= 4 is 5.97 Å². The van der Waals surface area contributed by atoms with Crippen LogP contribution in [-0.4, -0.2) is 11.1 Å². The molecular weight excluding hydrogens is 333 g/mol. The summed E-state index contributed by atoms with van der Waals surface area (Å²) in [5.41, 5.74) is 0.844. The van der Waals surface area contributed by atoms with Crippen molar-refractivity contribution in [3.05, 3.63) is 41.8 Å². The van der Waals surface area contributed by atoms with Crippen molar-refractivity contribution in [2.45, 2.75) is 58.5 Å². The number of hydrogen-bond donors (Lipinski definition) is 0. The van der Waals surface area contributed by atoms with Crippen LogP contribution < -0.4 is 0 Å². The van der Waals surface area contributed by atoms with Gasteiger partial charge in [-0.25, -0.2) is 4.39 Å². The molecule has 0 saturated heterocycles. The number of aromatic nitrogens is 1. The molecule has 0 amide bonds. The van der Waals surface area contributed by atoms with E-state index in [2.05, 4.69) is 12.1 Å². The zero-order chi connectivity index (χ0) is 18.4. The Morgan fingerprint density at radius 1 is 1.27 bits per heavy atom. The van der Waals surface area contributed by atoms with Gasteiger partial charge < -0.3 is 9.26 Å². The van der Waals surface area contributed by atoms with Crippen LogP contribution in [0.25, 0.3) is 11.3 Å². The third-order valence-corrected chi connectivity index (χ3v) is 5.21. The van der Waals surface area contributed by atoms with E-state index in [1.807, 2.05) is 0 Å². The molecule has 0 bridgehead atoms. The van der Waals surface area contributed by atoms with E-state index in [4.69, 9.17) is 9.26 Å². The fraction of sp³-hybridized carbons (Fsp3) is 0.524. The maximum absolute atomic E-state index is 13.8. The summed E-state index contributed by atoms with van der Waals surface area (Å²) in [5, 5.41) is 3.88. The number of unbranched alkanes of at least 4 members (excludes halogenated alkanes) is 1. The molecule has 26 heavy (non-hydrogen) atoms. The van der Waals surface area contributed by atoms with Crippen molar-refractivity contribution in [1.82, 2.24) is 5.16 Å². The molecule has 1 aliphatic carbocycles. The summed E-state index contributed by atoms with van der Waals surface area (Å²) in [6, 6.07) is 7.97. The van der Waals surface area contributed by atoms with E-state index in [1.54, 1.807) is 24.3 Å². The van der Waals surface area contributed by atoms with Gasteiger partial charge in [-0.15, -0.1) is 0 Å². The van der Waals surface area contributed by atoms with E-state index in [0.29, 0.717) is 17.0 Å². The molecular formula is C21H26FNO3. The van der Waals surface area contributed by atoms with Crippen LogP contribution >= 0.6 is 0 Å². The van der Waals surface area contributed by atoms with Crippen molar-refractivity contribution in [1.29, 1.82) is 0 Å². The van der Waals surface area contributed by atoms with Crippen molar-refractivity contribution in [3.63, 3.8) is 0 Å². The number of halogens is 1. The first-order valence-corrected chi connectivity index (χ1v) is 9.54. The van der Waals surface area contributed by atoms with Gasteiger partial charge in [-0.3, -0.25) is 4.79 Å². The first kappa shape index (κ1) is 18.6. The molecule has 0 spiro atoms. The van der Waals surface area contributed by atoms with Gasteiger partial charge >= 0.3 is 5.97 Å². The summed E-state index contributed by atoms with van der Waals surface area (Å²) in [6.07, 6.45) is 7.82. The fourth-order valence-electron chi connectivity index (χ4n) is 3.61. The van der Waals surface area contributed by atoms with Crippen molar-refractivity contribution < 1.29 is 18.4 Å². The quantitative estimate of drug-likeness (QED) is 0.611. The van der Waals surface area contributed by atoms with E-state index >= 15 is 0 Å². The third-order valence-electron chi connectivity index (χ3n) is 5.21. The maximum atomic E-state index is 13.8. The molecule has 1 saturated carbocycles. The van der Waals surface area contributed by atoms with Crippen molar-refractivity contribution in [2.24, 2.45) is 11.8 Å². The van der Waals surface area contributed by atoms with Crippen LogP contribution in [0.5, 0.6) is 0 Å². The number of rotatable bonds is 7. The number of hydrogen-bond acceptors (Lipinski definition) is 4. The van der Waals surface area contributed by atoms with Crippen LogP contribution in [0.4, 0.5) is 4.39 Å². The van der Waals surface area contributed by atoms with E-state index in [1.165, 1.54) is 25.3 Å². The molecule has 2 aromatic rings. The largest absolute Gasteiger partial charge is 0.459 e. The highest BCUT2D eigenvalue weighted by Crippen LogP contribution is 2.32. The van der Waals surface area contributed by atoms with Crippen LogP contribution in [-0.2, 0) is 16.1 Å². The number of ether oxygens (including phenoxy) is 1. The second-order valence-corrected chi connectivity index (χ2v) is 7.13. The summed E-state index contributed by atoms with van der Waals surface area (Å²) in [5.74, 6) is 0.565. The van der Waals surface area contributed by atoms with Crippen molar-refractivity contribution in [3.8, 4) is 11.3 Å². The topological polar surface area (TPSA) is 52.3 Å². The predicted molar refractivity (Wildman–Crippen MR) is 96.7 cm³/mol. The minimum atomic E-state index is -0.368. The molecule has 1 fully saturated rings. The lowest BCUT2D eigenvalue weighted by atomic mass is 9.80. The van der Waals surface area contributed by atoms with Gasteiger partial charge in [-0.2, -0.15) is 0 Å². The Kier molecular flexibility index (Phi) is 6.42. The van der Waals surface area contributed by atoms with Gasteiger partial charge in [0.25, 0.3) is 0 Å². The first-order chi connectivity index (χ1) is 12.7. The SMILES string of the molecule is CCCCC1CCC(C(=O)OCc2cc(-c3ccccc3F)on2)CC1. The number of nitrogens with zero attached hydrogens (tertiary/aromatic N) is 1. The number of esters is 1. The Bertz CT molecular complexity index is 720. The second-order valence-electron chi connectivity index (χ2n) is 7.13. The third kappa shape index (κ3) is 4.71. The molecule has 4 nitrogen and oxygen atoms in total. The van der Waals surface area contributed by atoms with E-state index in [9.17, 15) is 9.18 Å². The molecule has 0 atom stereocenters. The Hall–Kier alpha value is -2.17. The lowest BCUT2D eigenvalue weighted by molar-refractivity contribution is -0.151. The molecule has 0 radical (unpaired) electrons. The van der Waals surface area contributed by atoms with Crippen LogP contribution in [0.15, 0.2) is 34.9 Å². The normalized spacial score (nSPS) is 20.1. The molecule has 1 aromatic carbocycles. The van der Waals surface area contributed by atoms with Gasteiger partial charge in [0.2, 0.25) is 0 Å². The average Bonchev–Trinajstić information content (AvgIpc) is 3.14. The molecule has 0 aliphatic heterocycles. The summed E-state index contributed by atoms with van der Waals surface area (Å²) in [6.45, 7) is 2.27. The highest BCUT2D eigenvalue weighted by Gasteiger charge is 2.27. The van der Waals surface area contributed by atoms with Crippen LogP contribution in [0.2, 0.25) is 0 Å². The van der Waals surface area contributed by atoms with Gasteiger partial charge in [0, 0.05) is 6.07 Å². The zero-order valence-electron chi connectivity index (χ0n) is 15.2. The lowest BCUT2D eigenvalue weighted by Gasteiger charge is -2.27. The standard InChI is InChI=1S/C21H26FNO3/c1-2-3-6-15-9-11-16(12-10-15)21(24)25-14-17-13-20(26-23-17)18-7-4-5-8-19(18)22/h4-5,7-8,13,15-16H,2-3,6,9-12,14H2,1H3. The Morgan fingerprint density at radius 3 is 2.77 bits per heavy atom. The predicted octanol–water partition coefficient (Wildman–Crippen LogP) is 5.52. The van der Waals surface area contributed by atoms with E-state index in [-0.39, 0.29) is 24.3 Å². The van der Waals surface area contributed by atoms with Gasteiger partial charge in [0.1, 0.15) is 18.1 Å². The Balaban J connectivity index is 1.48. The molecule has 1 aromatic heterocycles. The van der Waals surface area contributed by atoms with Gasteiger partial charge in [-0.1, -0.05) is 43.5 Å². The zero-order valence-corrected chi connectivity index (χ0v) is 15.2. The van der Waals surface area contributed by atoms with Crippen molar-refractivity contribution in [2.75, 3.05) is 0 Å². The molecule has 140 valence electrons. The molecule has 1 heterocycles. The highest BCUT2D eigenvalue weighted by atomic mass is 19.1. The fourth-order valence-corrected chi connectivity index (χ4v) is 3.61. The minimum Gasteiger partial charge on any atom is -0.459 e. The van der Waals surface area contributed by atoms with Gasteiger partial charge in [-0.05, 0) is 43.7 Å². The number of carbonyl (C=O) groups is 1. The molecule has 0 N–H and O–H groups in total. The second kappa shape index (κ2) is 8.97. The van der Waals surface area contributed by atoms with Gasteiger partial charge in [0.05, 0.1) is 11.5 Å². The monoisotopic (exact) mass is 359 g/mol. The lowest BCUT2D eigenvalue weighted by Crippen LogP contribution is -2.23. The summed E-state index contributed by atoms with van der Waals surface area (Å²) in [4.78, 5) is 12.3. The average molecular weight is 359 g/mol. The van der Waals surface area contributed by atoms with Crippen LogP contribution in [0.3, 0.4) is 0 Å². The number of carbonyl (C=O) groups excluding carboxylic acids is 1. The molecule has 0 unspecified atom stereocenters. The Morgan fingerprint density at radius 2 is 2.04 bits per heavy atom. The molecule has 1 aliphatic rings. The van der Waals surface area contributed by atoms with E-state index in [0.717, 1.165) is 31.6 Å². The van der Waals surface area contributed by atoms with E-state index < -0.39 is 0 Å². The minimum absolute atomic E-state index is 0.00850. The molecule has 5 heteroatoms. The summed E-state index contributed by atoms with van der Waals surface area (Å²) < 4.78 is 24.4. The van der Waals surface area contributed by atoms with Crippen LogP contribution in [0, 0.1) is 17.7 Å². The van der Waals surface area contributed by atoms with Gasteiger partial charge in [0.15, 0.2) is 5.76 Å². The molecule has 3 rings (SSSR count). The summed E-state index contributed by atoms with van der Waals surface area (Å²) in [7, 11) is 0.